The third-order valence-corrected chi connectivity index (χ3v) is 4.02. The van der Waals surface area contributed by atoms with Crippen LogP contribution < -0.4 is 10.2 Å². The van der Waals surface area contributed by atoms with Crippen LogP contribution in [-0.4, -0.2) is 24.0 Å². The smallest absolute Gasteiger partial charge is 0.228 e. The van der Waals surface area contributed by atoms with Crippen LogP contribution in [0.25, 0.3) is 0 Å². The number of hydrogen-bond donors (Lipinski definition) is 1. The molecule has 2 aliphatic heterocycles. The predicted molar refractivity (Wildman–Crippen MR) is 59.1 cm³/mol. The van der Waals surface area contributed by atoms with Gasteiger partial charge in [-0.05, 0) is 6.42 Å². The van der Waals surface area contributed by atoms with Crippen molar-refractivity contribution in [1.82, 2.24) is 10.3 Å². The monoisotopic (exact) mass is 223 g/mol. The Labute approximate surface area is 92.3 Å². The average molecular weight is 223 g/mol. The van der Waals surface area contributed by atoms with Gasteiger partial charge in [0.05, 0.1) is 5.69 Å². The van der Waals surface area contributed by atoms with E-state index in [-0.39, 0.29) is 5.91 Å². The Bertz CT molecular complexity index is 378. The zero-order valence-corrected chi connectivity index (χ0v) is 9.27. The maximum absolute atomic E-state index is 11.6. The normalized spacial score (nSPS) is 20.8. The molecule has 3 heterocycles. The van der Waals surface area contributed by atoms with Crippen LogP contribution in [0, 0.1) is 0 Å². The fraction of sp³-hybridized carbons (Fsp3) is 0.600. The van der Waals surface area contributed by atoms with Crippen molar-refractivity contribution in [1.29, 1.82) is 0 Å². The third kappa shape index (κ3) is 1.55. The second kappa shape index (κ2) is 3.57. The summed E-state index contributed by atoms with van der Waals surface area (Å²) < 4.78 is 0. The molecule has 0 bridgehead atoms. The minimum absolute atomic E-state index is 0.231. The van der Waals surface area contributed by atoms with Gasteiger partial charge in [0.25, 0.3) is 0 Å². The average Bonchev–Trinajstić information content (AvgIpc) is 2.82. The number of aromatic nitrogens is 1. The summed E-state index contributed by atoms with van der Waals surface area (Å²) in [5.74, 6) is 0.231. The Morgan fingerprint density at radius 2 is 2.33 bits per heavy atom. The predicted octanol–water partition coefficient (Wildman–Crippen LogP) is 0.916. The van der Waals surface area contributed by atoms with Gasteiger partial charge in [-0.25, -0.2) is 4.98 Å². The number of rotatable bonds is 1. The van der Waals surface area contributed by atoms with E-state index in [9.17, 15) is 4.79 Å². The minimum Gasteiger partial charge on any atom is -0.311 e. The fourth-order valence-electron chi connectivity index (χ4n) is 2.08. The first-order valence-electron chi connectivity index (χ1n) is 5.34. The molecule has 2 aliphatic rings. The van der Waals surface area contributed by atoms with Crippen molar-refractivity contribution in [3.05, 3.63) is 10.6 Å². The number of fused-ring (bicyclic) bond motifs is 1. The summed E-state index contributed by atoms with van der Waals surface area (Å²) in [5.41, 5.74) is 1.19. The summed E-state index contributed by atoms with van der Waals surface area (Å²) in [4.78, 5) is 19.3. The molecule has 1 N–H and O–H groups in total. The first-order valence-corrected chi connectivity index (χ1v) is 6.16. The van der Waals surface area contributed by atoms with Crippen LogP contribution in [0.15, 0.2) is 0 Å². The molecule has 0 spiro atoms. The highest BCUT2D eigenvalue weighted by atomic mass is 32.1. The molecule has 0 aromatic carbocycles. The summed E-state index contributed by atoms with van der Waals surface area (Å²) in [6.07, 6.45) is 2.65. The van der Waals surface area contributed by atoms with Gasteiger partial charge < -0.3 is 5.32 Å². The van der Waals surface area contributed by atoms with Gasteiger partial charge in [-0.1, -0.05) is 11.3 Å². The summed E-state index contributed by atoms with van der Waals surface area (Å²) in [6, 6.07) is 0. The van der Waals surface area contributed by atoms with Gasteiger partial charge in [-0.3, -0.25) is 9.69 Å². The number of carbonyl (C=O) groups excluding carboxylic acids is 1. The van der Waals surface area contributed by atoms with E-state index in [0.29, 0.717) is 6.42 Å². The molecule has 0 atom stereocenters. The van der Waals surface area contributed by atoms with Gasteiger partial charge in [0.1, 0.15) is 0 Å². The number of anilines is 1. The molecule has 0 radical (unpaired) electrons. The van der Waals surface area contributed by atoms with E-state index in [1.807, 2.05) is 4.90 Å². The Hall–Kier alpha value is -0.940. The van der Waals surface area contributed by atoms with Crippen LogP contribution in [-0.2, 0) is 17.8 Å². The summed E-state index contributed by atoms with van der Waals surface area (Å²) in [6.45, 7) is 2.76. The van der Waals surface area contributed by atoms with Crippen molar-refractivity contribution in [2.75, 3.05) is 18.0 Å². The zero-order chi connectivity index (χ0) is 10.3. The largest absolute Gasteiger partial charge is 0.311 e. The highest BCUT2D eigenvalue weighted by Crippen LogP contribution is 2.30. The standard InChI is InChI=1S/C10H13N3OS/c14-9-2-1-5-13(9)10-12-7-3-4-11-6-8(7)15-10/h11H,1-6H2. The van der Waals surface area contributed by atoms with Crippen LogP contribution in [0.5, 0.6) is 0 Å². The van der Waals surface area contributed by atoms with Gasteiger partial charge in [-0.2, -0.15) is 0 Å². The number of thiazole rings is 1. The first kappa shape index (κ1) is 9.30. The Morgan fingerprint density at radius 3 is 3.07 bits per heavy atom. The lowest BCUT2D eigenvalue weighted by atomic mass is 10.2. The molecular weight excluding hydrogens is 210 g/mol. The van der Waals surface area contributed by atoms with Crippen molar-refractivity contribution < 1.29 is 4.79 Å². The zero-order valence-electron chi connectivity index (χ0n) is 8.45. The lowest BCUT2D eigenvalue weighted by Gasteiger charge is -2.10. The van der Waals surface area contributed by atoms with Gasteiger partial charge in [0.2, 0.25) is 5.91 Å². The molecule has 4 nitrogen and oxygen atoms in total. The number of nitrogens with one attached hydrogen (secondary N) is 1. The molecule has 0 aliphatic carbocycles. The fourth-order valence-corrected chi connectivity index (χ4v) is 3.20. The van der Waals surface area contributed by atoms with E-state index in [1.165, 1.54) is 10.6 Å². The SMILES string of the molecule is O=C1CCCN1c1nc2c(s1)CNCC2. The van der Waals surface area contributed by atoms with E-state index in [1.54, 1.807) is 11.3 Å². The van der Waals surface area contributed by atoms with E-state index < -0.39 is 0 Å². The van der Waals surface area contributed by atoms with Crippen molar-refractivity contribution in [2.45, 2.75) is 25.8 Å². The van der Waals surface area contributed by atoms with Gasteiger partial charge >= 0.3 is 0 Å². The quantitative estimate of drug-likeness (QED) is 0.770. The van der Waals surface area contributed by atoms with Crippen molar-refractivity contribution in [2.24, 2.45) is 0 Å². The molecule has 15 heavy (non-hydrogen) atoms. The molecule has 1 fully saturated rings. The number of nitrogens with zero attached hydrogens (tertiary/aromatic N) is 2. The lowest BCUT2D eigenvalue weighted by molar-refractivity contribution is -0.117. The van der Waals surface area contributed by atoms with Crippen LogP contribution in [0.4, 0.5) is 5.13 Å². The van der Waals surface area contributed by atoms with Gasteiger partial charge in [0.15, 0.2) is 5.13 Å². The van der Waals surface area contributed by atoms with Gasteiger partial charge in [0, 0.05) is 37.4 Å². The Kier molecular flexibility index (Phi) is 2.21. The van der Waals surface area contributed by atoms with Crippen LogP contribution in [0.2, 0.25) is 0 Å². The molecule has 1 aromatic heterocycles. The van der Waals surface area contributed by atoms with E-state index >= 15 is 0 Å². The molecule has 1 saturated heterocycles. The second-order valence-corrected chi connectivity index (χ2v) is 5.00. The summed E-state index contributed by atoms with van der Waals surface area (Å²) in [5, 5.41) is 4.23. The highest BCUT2D eigenvalue weighted by Gasteiger charge is 2.26. The molecule has 1 amide bonds. The van der Waals surface area contributed by atoms with Crippen molar-refractivity contribution >= 4 is 22.4 Å². The number of carbonyl (C=O) groups is 1. The van der Waals surface area contributed by atoms with Crippen LogP contribution in [0.1, 0.15) is 23.4 Å². The van der Waals surface area contributed by atoms with E-state index in [0.717, 1.165) is 37.6 Å². The Morgan fingerprint density at radius 1 is 1.40 bits per heavy atom. The molecule has 80 valence electrons. The van der Waals surface area contributed by atoms with E-state index in [4.69, 9.17) is 0 Å². The molecule has 5 heteroatoms. The molecular formula is C10H13N3OS. The summed E-state index contributed by atoms with van der Waals surface area (Å²) in [7, 11) is 0. The van der Waals surface area contributed by atoms with E-state index in [2.05, 4.69) is 10.3 Å². The molecule has 0 saturated carbocycles. The third-order valence-electron chi connectivity index (χ3n) is 2.90. The highest BCUT2D eigenvalue weighted by molar-refractivity contribution is 7.16. The number of hydrogen-bond acceptors (Lipinski definition) is 4. The maximum atomic E-state index is 11.6. The van der Waals surface area contributed by atoms with Crippen molar-refractivity contribution in [3.63, 3.8) is 0 Å². The van der Waals surface area contributed by atoms with Crippen LogP contribution in [0.3, 0.4) is 0 Å². The Balaban J connectivity index is 1.92. The molecule has 3 rings (SSSR count). The molecule has 0 unspecified atom stereocenters. The number of amides is 1. The first-order chi connectivity index (χ1) is 7.34. The maximum Gasteiger partial charge on any atom is 0.228 e. The summed E-state index contributed by atoms with van der Waals surface area (Å²) >= 11 is 1.67. The molecule has 1 aromatic rings. The van der Waals surface area contributed by atoms with Gasteiger partial charge in [-0.15, -0.1) is 0 Å². The van der Waals surface area contributed by atoms with Crippen LogP contribution >= 0.6 is 11.3 Å². The topological polar surface area (TPSA) is 45.2 Å². The minimum atomic E-state index is 0.231. The second-order valence-electron chi connectivity index (χ2n) is 3.94. The lowest BCUT2D eigenvalue weighted by Crippen LogP contribution is -2.23. The van der Waals surface area contributed by atoms with Crippen molar-refractivity contribution in [3.8, 4) is 0 Å².